The van der Waals surface area contributed by atoms with Crippen molar-refractivity contribution in [3.63, 3.8) is 0 Å². The third-order valence-electron chi connectivity index (χ3n) is 4.29. The summed E-state index contributed by atoms with van der Waals surface area (Å²) in [7, 11) is 0. The van der Waals surface area contributed by atoms with Crippen molar-refractivity contribution >= 4 is 17.5 Å². The number of hydrogen-bond acceptors (Lipinski definition) is 4. The monoisotopic (exact) mass is 382 g/mol. The smallest absolute Gasteiger partial charge is 0.222 e. The van der Waals surface area contributed by atoms with Gasteiger partial charge in [0.1, 0.15) is 5.78 Å². The molecule has 5 nitrogen and oxygen atoms in total. The van der Waals surface area contributed by atoms with Crippen LogP contribution < -0.4 is 10.6 Å². The Bertz CT molecular complexity index is 505. The van der Waals surface area contributed by atoms with Crippen molar-refractivity contribution in [1.29, 1.82) is 0 Å². The van der Waals surface area contributed by atoms with Crippen molar-refractivity contribution < 1.29 is 14.4 Å². The molecular weight excluding hydrogens is 340 g/mol. The number of carbonyl (C=O) groups excluding carboxylic acids is 3. The molecule has 0 heterocycles. The lowest BCUT2D eigenvalue weighted by molar-refractivity contribution is -0.132. The van der Waals surface area contributed by atoms with Gasteiger partial charge >= 0.3 is 0 Å². The molecule has 0 aliphatic heterocycles. The maximum absolute atomic E-state index is 12.7. The Balaban J connectivity index is 4.35. The summed E-state index contributed by atoms with van der Waals surface area (Å²) in [5.41, 5.74) is -1.02. The van der Waals surface area contributed by atoms with E-state index in [0.29, 0.717) is 13.0 Å². The number of carbonyl (C=O) groups is 3. The van der Waals surface area contributed by atoms with E-state index in [4.69, 9.17) is 0 Å². The second-order valence-corrected chi connectivity index (χ2v) is 10.6. The minimum Gasteiger partial charge on any atom is -0.356 e. The highest BCUT2D eigenvalue weighted by Gasteiger charge is 2.33. The van der Waals surface area contributed by atoms with Gasteiger partial charge in [-0.05, 0) is 33.6 Å². The van der Waals surface area contributed by atoms with Crippen LogP contribution in [0.4, 0.5) is 0 Å². The molecule has 0 spiro atoms. The number of hydrogen-bond donors (Lipinski definition) is 2. The van der Waals surface area contributed by atoms with E-state index in [1.54, 1.807) is 0 Å². The fourth-order valence-electron chi connectivity index (χ4n) is 2.70. The minimum atomic E-state index is -0.497. The van der Waals surface area contributed by atoms with Gasteiger partial charge in [-0.2, -0.15) is 0 Å². The quantitative estimate of drug-likeness (QED) is 0.559. The first-order chi connectivity index (χ1) is 12.0. The number of Topliss-reactive ketones (excluding diaryl/α,β-unsaturated/α-hetero) is 2. The molecule has 1 amide bonds. The second-order valence-electron chi connectivity index (χ2n) is 10.6. The molecule has 0 saturated heterocycles. The van der Waals surface area contributed by atoms with Gasteiger partial charge in [-0.25, -0.2) is 0 Å². The number of unbranched alkanes of at least 4 members (excludes halogenated alkanes) is 2. The molecule has 1 atom stereocenters. The Morgan fingerprint density at radius 3 is 1.78 bits per heavy atom. The molecular formula is C22H42N2O3. The highest BCUT2D eigenvalue weighted by atomic mass is 16.2. The molecule has 0 aromatic heterocycles. The molecule has 0 aliphatic carbocycles. The van der Waals surface area contributed by atoms with E-state index in [-0.39, 0.29) is 34.8 Å². The lowest BCUT2D eigenvalue weighted by Crippen LogP contribution is -2.52. The molecule has 0 bridgehead atoms. The highest BCUT2D eigenvalue weighted by molar-refractivity contribution is 5.93. The molecule has 0 aromatic carbocycles. The molecule has 0 saturated carbocycles. The van der Waals surface area contributed by atoms with Crippen LogP contribution in [0.25, 0.3) is 0 Å². The van der Waals surface area contributed by atoms with Gasteiger partial charge in [0.25, 0.3) is 0 Å². The third-order valence-corrected chi connectivity index (χ3v) is 4.29. The normalized spacial score (nSPS) is 14.0. The van der Waals surface area contributed by atoms with Crippen LogP contribution in [0.15, 0.2) is 0 Å². The SMILES string of the molecule is CC(C)(C)NC(CC(=O)NCCCCCC(=O)C(C)(C)C)C(=O)C(C)(C)C. The fourth-order valence-corrected chi connectivity index (χ4v) is 2.70. The molecule has 0 rings (SSSR count). The van der Waals surface area contributed by atoms with E-state index >= 15 is 0 Å². The van der Waals surface area contributed by atoms with E-state index < -0.39 is 11.5 Å². The van der Waals surface area contributed by atoms with E-state index in [9.17, 15) is 14.4 Å². The maximum atomic E-state index is 12.7. The first kappa shape index (κ1) is 25.8. The summed E-state index contributed by atoms with van der Waals surface area (Å²) in [5, 5.41) is 6.19. The topological polar surface area (TPSA) is 75.3 Å². The largest absolute Gasteiger partial charge is 0.356 e. The van der Waals surface area contributed by atoms with E-state index in [0.717, 1.165) is 19.3 Å². The molecule has 158 valence electrons. The molecule has 0 aliphatic rings. The van der Waals surface area contributed by atoms with Gasteiger partial charge in [-0.15, -0.1) is 0 Å². The van der Waals surface area contributed by atoms with Crippen LogP contribution in [0.5, 0.6) is 0 Å². The Morgan fingerprint density at radius 1 is 0.778 bits per heavy atom. The van der Waals surface area contributed by atoms with Crippen LogP contribution >= 0.6 is 0 Å². The molecule has 27 heavy (non-hydrogen) atoms. The summed E-state index contributed by atoms with van der Waals surface area (Å²) in [6.07, 6.45) is 3.34. The lowest BCUT2D eigenvalue weighted by Gasteiger charge is -2.31. The molecule has 0 fully saturated rings. The number of rotatable bonds is 10. The zero-order valence-corrected chi connectivity index (χ0v) is 19.0. The standard InChI is InChI=1S/C22H42N2O3/c1-20(2,3)17(25)13-11-10-12-14-23-18(26)15-16(24-22(7,8)9)19(27)21(4,5)6/h16,24H,10-15H2,1-9H3,(H,23,26). The van der Waals surface area contributed by atoms with Crippen LogP contribution in [0.3, 0.4) is 0 Å². The molecule has 0 radical (unpaired) electrons. The summed E-state index contributed by atoms with van der Waals surface area (Å²) < 4.78 is 0. The zero-order chi connectivity index (χ0) is 21.5. The lowest BCUT2D eigenvalue weighted by atomic mass is 9.84. The van der Waals surface area contributed by atoms with Crippen molar-refractivity contribution in [3.8, 4) is 0 Å². The first-order valence-corrected chi connectivity index (χ1v) is 10.2. The van der Waals surface area contributed by atoms with Crippen molar-refractivity contribution in [2.45, 2.75) is 106 Å². The van der Waals surface area contributed by atoms with E-state index in [1.165, 1.54) is 0 Å². The zero-order valence-electron chi connectivity index (χ0n) is 19.0. The first-order valence-electron chi connectivity index (χ1n) is 10.2. The Kier molecular flexibility index (Phi) is 9.88. The van der Waals surface area contributed by atoms with Crippen LogP contribution in [0, 0.1) is 10.8 Å². The van der Waals surface area contributed by atoms with E-state index in [2.05, 4.69) is 10.6 Å². The van der Waals surface area contributed by atoms with Crippen LogP contribution in [-0.2, 0) is 14.4 Å². The van der Waals surface area contributed by atoms with Crippen LogP contribution in [0.1, 0.15) is 94.4 Å². The fraction of sp³-hybridized carbons (Fsp3) is 0.864. The van der Waals surface area contributed by atoms with Gasteiger partial charge in [0.15, 0.2) is 5.78 Å². The molecule has 0 aromatic rings. The van der Waals surface area contributed by atoms with Gasteiger partial charge in [0, 0.05) is 35.8 Å². The van der Waals surface area contributed by atoms with Crippen molar-refractivity contribution in [1.82, 2.24) is 10.6 Å². The van der Waals surface area contributed by atoms with Gasteiger partial charge in [0.05, 0.1) is 6.04 Å². The van der Waals surface area contributed by atoms with Gasteiger partial charge < -0.3 is 10.6 Å². The summed E-state index contributed by atoms with van der Waals surface area (Å²) in [6, 6.07) is -0.491. The Morgan fingerprint density at radius 2 is 1.33 bits per heavy atom. The minimum absolute atomic E-state index is 0.0493. The van der Waals surface area contributed by atoms with Crippen molar-refractivity contribution in [3.05, 3.63) is 0 Å². The summed E-state index contributed by atoms with van der Waals surface area (Å²) in [4.78, 5) is 36.8. The molecule has 2 N–H and O–H groups in total. The highest BCUT2D eigenvalue weighted by Crippen LogP contribution is 2.20. The third kappa shape index (κ3) is 12.0. The van der Waals surface area contributed by atoms with Crippen LogP contribution in [0.2, 0.25) is 0 Å². The predicted molar refractivity (Wildman–Crippen MR) is 112 cm³/mol. The number of amides is 1. The summed E-state index contributed by atoms with van der Waals surface area (Å²) in [5.74, 6) is 0.219. The number of nitrogens with one attached hydrogen (secondary N) is 2. The van der Waals surface area contributed by atoms with Crippen molar-refractivity contribution in [2.75, 3.05) is 6.54 Å². The van der Waals surface area contributed by atoms with E-state index in [1.807, 2.05) is 62.3 Å². The average Bonchev–Trinajstić information content (AvgIpc) is 2.45. The van der Waals surface area contributed by atoms with Crippen LogP contribution in [-0.4, -0.2) is 35.6 Å². The molecule has 5 heteroatoms. The van der Waals surface area contributed by atoms with Crippen molar-refractivity contribution in [2.24, 2.45) is 10.8 Å². The average molecular weight is 383 g/mol. The predicted octanol–water partition coefficient (Wildman–Crippen LogP) is 4.04. The second kappa shape index (κ2) is 10.4. The molecule has 1 unspecified atom stereocenters. The summed E-state index contributed by atoms with van der Waals surface area (Å²) in [6.45, 7) is 18.0. The Hall–Kier alpha value is -1.23. The van der Waals surface area contributed by atoms with Gasteiger partial charge in [-0.3, -0.25) is 14.4 Å². The van der Waals surface area contributed by atoms with Gasteiger partial charge in [-0.1, -0.05) is 48.0 Å². The van der Waals surface area contributed by atoms with Gasteiger partial charge in [0.2, 0.25) is 5.91 Å². The number of ketones is 2. The summed E-state index contributed by atoms with van der Waals surface area (Å²) >= 11 is 0. The maximum Gasteiger partial charge on any atom is 0.222 e. The Labute approximate surface area is 166 Å².